The smallest absolute Gasteiger partial charge is 0.406 e. The first-order valence-corrected chi connectivity index (χ1v) is 4.99. The lowest BCUT2D eigenvalue weighted by Gasteiger charge is -2.10. The van der Waals surface area contributed by atoms with Crippen molar-refractivity contribution in [2.45, 2.75) is 13.3 Å². The number of alkyl halides is 3. The third kappa shape index (κ3) is 3.22. The van der Waals surface area contributed by atoms with Crippen molar-refractivity contribution in [1.82, 2.24) is 0 Å². The first-order valence-electron chi connectivity index (χ1n) is 3.91. The molecule has 0 heterocycles. The molecular weight excluding hydrogens is 342 g/mol. The molecule has 0 aliphatic rings. The van der Waals surface area contributed by atoms with Crippen LogP contribution in [0.4, 0.5) is 18.9 Å². The lowest BCUT2D eigenvalue weighted by atomic mass is 10.2. The molecule has 1 aromatic carbocycles. The molecule has 0 aromatic heterocycles. The standard InChI is InChI=1S/C8H5F3INO3/c1-4-2-5(16-8(9,10)11)3-6(7(4)12)13(14)15/h2-3H,1H3. The second-order valence-corrected chi connectivity index (χ2v) is 3.96. The Bertz CT molecular complexity index is 433. The predicted molar refractivity (Wildman–Crippen MR) is 57.2 cm³/mol. The molecule has 0 unspecified atom stereocenters. The number of nitro benzene ring substituents is 1. The minimum Gasteiger partial charge on any atom is -0.406 e. The number of nitrogens with zero attached hydrogens (tertiary/aromatic N) is 1. The SMILES string of the molecule is Cc1cc(OC(F)(F)F)cc([N+](=O)[O-])c1I. The number of ether oxygens (including phenoxy) is 1. The number of hydrogen-bond acceptors (Lipinski definition) is 3. The molecule has 0 spiro atoms. The molecule has 1 rings (SSSR count). The van der Waals surface area contributed by atoms with Gasteiger partial charge in [0, 0.05) is 0 Å². The average Bonchev–Trinajstić information content (AvgIpc) is 2.07. The van der Waals surface area contributed by atoms with Gasteiger partial charge in [-0.05, 0) is 41.1 Å². The van der Waals surface area contributed by atoms with Crippen LogP contribution in [0.15, 0.2) is 12.1 Å². The van der Waals surface area contributed by atoms with Gasteiger partial charge >= 0.3 is 6.36 Å². The van der Waals surface area contributed by atoms with Crippen molar-refractivity contribution in [3.8, 4) is 5.75 Å². The molecule has 0 bridgehead atoms. The fraction of sp³-hybridized carbons (Fsp3) is 0.250. The summed E-state index contributed by atoms with van der Waals surface area (Å²) < 4.78 is 39.6. The molecule has 0 atom stereocenters. The summed E-state index contributed by atoms with van der Waals surface area (Å²) in [5.41, 5.74) is -0.0473. The van der Waals surface area contributed by atoms with E-state index in [-0.39, 0.29) is 3.57 Å². The highest BCUT2D eigenvalue weighted by Gasteiger charge is 2.32. The summed E-state index contributed by atoms with van der Waals surface area (Å²) >= 11 is 1.70. The summed E-state index contributed by atoms with van der Waals surface area (Å²) in [5.74, 6) is -0.586. The summed E-state index contributed by atoms with van der Waals surface area (Å²) in [4.78, 5) is 9.80. The summed E-state index contributed by atoms with van der Waals surface area (Å²) in [6, 6.07) is 1.85. The maximum Gasteiger partial charge on any atom is 0.573 e. The lowest BCUT2D eigenvalue weighted by molar-refractivity contribution is -0.386. The number of benzene rings is 1. The molecule has 0 aliphatic carbocycles. The molecule has 0 amide bonds. The third-order valence-electron chi connectivity index (χ3n) is 1.64. The Morgan fingerprint density at radius 3 is 2.44 bits per heavy atom. The largest absolute Gasteiger partial charge is 0.573 e. The summed E-state index contributed by atoms with van der Waals surface area (Å²) in [6.07, 6.45) is -4.85. The van der Waals surface area contributed by atoms with Crippen molar-refractivity contribution in [2.75, 3.05) is 0 Å². The van der Waals surface area contributed by atoms with Crippen molar-refractivity contribution >= 4 is 28.3 Å². The van der Waals surface area contributed by atoms with Crippen LogP contribution in [0.2, 0.25) is 0 Å². The Hall–Kier alpha value is -1.06. The van der Waals surface area contributed by atoms with E-state index in [1.165, 1.54) is 6.92 Å². The molecular formula is C8H5F3INO3. The highest BCUT2D eigenvalue weighted by molar-refractivity contribution is 14.1. The zero-order valence-corrected chi connectivity index (χ0v) is 10.00. The van der Waals surface area contributed by atoms with Gasteiger partial charge in [-0.25, -0.2) is 0 Å². The number of nitro groups is 1. The van der Waals surface area contributed by atoms with Gasteiger partial charge in [-0.3, -0.25) is 10.1 Å². The van der Waals surface area contributed by atoms with Crippen LogP contribution in [0, 0.1) is 20.6 Å². The number of rotatable bonds is 2. The zero-order chi connectivity index (χ0) is 12.5. The van der Waals surface area contributed by atoms with E-state index in [1.807, 2.05) is 0 Å². The van der Waals surface area contributed by atoms with Crippen LogP contribution >= 0.6 is 22.6 Å². The van der Waals surface area contributed by atoms with Crippen LogP contribution < -0.4 is 4.74 Å². The summed E-state index contributed by atoms with van der Waals surface area (Å²) in [7, 11) is 0. The van der Waals surface area contributed by atoms with E-state index in [4.69, 9.17) is 0 Å². The van der Waals surface area contributed by atoms with Gasteiger partial charge in [0.1, 0.15) is 5.75 Å². The highest BCUT2D eigenvalue weighted by Crippen LogP contribution is 2.32. The van der Waals surface area contributed by atoms with Gasteiger partial charge in [0.05, 0.1) is 14.6 Å². The molecule has 8 heteroatoms. The average molecular weight is 347 g/mol. The fourth-order valence-electron chi connectivity index (χ4n) is 1.04. The van der Waals surface area contributed by atoms with Crippen LogP contribution in [-0.4, -0.2) is 11.3 Å². The van der Waals surface area contributed by atoms with Gasteiger partial charge in [-0.2, -0.15) is 0 Å². The second-order valence-electron chi connectivity index (χ2n) is 2.88. The predicted octanol–water partition coefficient (Wildman–Crippen LogP) is 3.41. The highest BCUT2D eigenvalue weighted by atomic mass is 127. The number of hydrogen-bond donors (Lipinski definition) is 0. The second kappa shape index (κ2) is 4.44. The Morgan fingerprint density at radius 2 is 2.00 bits per heavy atom. The Balaban J connectivity index is 3.19. The van der Waals surface area contributed by atoms with Crippen LogP contribution in [0.1, 0.15) is 5.56 Å². The molecule has 1 aromatic rings. The van der Waals surface area contributed by atoms with Crippen LogP contribution in [0.3, 0.4) is 0 Å². The zero-order valence-electron chi connectivity index (χ0n) is 7.84. The van der Waals surface area contributed by atoms with Crippen LogP contribution in [0.5, 0.6) is 5.75 Å². The third-order valence-corrected chi connectivity index (χ3v) is 3.04. The maximum atomic E-state index is 11.9. The number of aryl methyl sites for hydroxylation is 1. The van der Waals surface area contributed by atoms with Gasteiger partial charge in [-0.1, -0.05) is 0 Å². The summed E-state index contributed by atoms with van der Waals surface area (Å²) in [5, 5.41) is 10.6. The number of halogens is 4. The minimum atomic E-state index is -4.85. The van der Waals surface area contributed by atoms with Crippen LogP contribution in [-0.2, 0) is 0 Å². The monoisotopic (exact) mass is 347 g/mol. The molecule has 0 fully saturated rings. The maximum absolute atomic E-state index is 11.9. The van der Waals surface area contributed by atoms with Crippen LogP contribution in [0.25, 0.3) is 0 Å². The Morgan fingerprint density at radius 1 is 1.44 bits per heavy atom. The molecule has 4 nitrogen and oxygen atoms in total. The van der Waals surface area contributed by atoms with E-state index in [0.29, 0.717) is 5.56 Å². The Kier molecular flexibility index (Phi) is 3.61. The fourth-order valence-corrected chi connectivity index (χ4v) is 1.55. The van der Waals surface area contributed by atoms with E-state index in [2.05, 4.69) is 4.74 Å². The van der Waals surface area contributed by atoms with Gasteiger partial charge in [-0.15, -0.1) is 13.2 Å². The molecule has 0 saturated heterocycles. The minimum absolute atomic E-state index is 0.289. The molecule has 0 N–H and O–H groups in total. The quantitative estimate of drug-likeness (QED) is 0.468. The van der Waals surface area contributed by atoms with Gasteiger partial charge < -0.3 is 4.74 Å². The van der Waals surface area contributed by atoms with Crippen molar-refractivity contribution in [1.29, 1.82) is 0 Å². The molecule has 0 radical (unpaired) electrons. The first-order chi connectivity index (χ1) is 7.20. The van der Waals surface area contributed by atoms with Gasteiger partial charge in [0.2, 0.25) is 0 Å². The van der Waals surface area contributed by atoms with Crippen molar-refractivity contribution in [3.05, 3.63) is 31.4 Å². The molecule has 88 valence electrons. The van der Waals surface area contributed by atoms with Gasteiger partial charge in [0.25, 0.3) is 5.69 Å². The topological polar surface area (TPSA) is 52.4 Å². The lowest BCUT2D eigenvalue weighted by Crippen LogP contribution is -2.17. The van der Waals surface area contributed by atoms with Gasteiger partial charge in [0.15, 0.2) is 0 Å². The van der Waals surface area contributed by atoms with Crippen molar-refractivity contribution in [3.63, 3.8) is 0 Å². The summed E-state index contributed by atoms with van der Waals surface area (Å²) in [6.45, 7) is 1.47. The first kappa shape index (κ1) is 13.0. The van der Waals surface area contributed by atoms with E-state index in [9.17, 15) is 23.3 Å². The van der Waals surface area contributed by atoms with Crippen molar-refractivity contribution in [2.24, 2.45) is 0 Å². The van der Waals surface area contributed by atoms with E-state index >= 15 is 0 Å². The molecule has 0 saturated carbocycles. The normalized spacial score (nSPS) is 11.3. The molecule has 16 heavy (non-hydrogen) atoms. The van der Waals surface area contributed by atoms with E-state index in [1.54, 1.807) is 22.6 Å². The molecule has 0 aliphatic heterocycles. The van der Waals surface area contributed by atoms with E-state index in [0.717, 1.165) is 12.1 Å². The Labute approximate surface area is 102 Å². The van der Waals surface area contributed by atoms with Crippen molar-refractivity contribution < 1.29 is 22.8 Å². The van der Waals surface area contributed by atoms with E-state index < -0.39 is 22.7 Å².